The Balaban J connectivity index is 1.36. The Morgan fingerprint density at radius 1 is 1.12 bits per heavy atom. The molecule has 1 atom stereocenters. The van der Waals surface area contributed by atoms with Crippen LogP contribution in [0.15, 0.2) is 18.2 Å². The molecule has 1 aromatic heterocycles. The van der Waals surface area contributed by atoms with Gasteiger partial charge in [0.1, 0.15) is 5.82 Å². The Hall–Kier alpha value is -2.79. The van der Waals surface area contributed by atoms with Crippen molar-refractivity contribution in [3.05, 3.63) is 35.3 Å². The number of hydrogen-bond donors (Lipinski definition) is 2. The summed E-state index contributed by atoms with van der Waals surface area (Å²) in [5, 5.41) is 14.4. The zero-order chi connectivity index (χ0) is 29.0. The smallest absolute Gasteiger partial charge is 0.384 e. The number of pyridine rings is 1. The number of aliphatic hydroxyl groups is 1. The third-order valence-corrected chi connectivity index (χ3v) is 9.24. The summed E-state index contributed by atoms with van der Waals surface area (Å²) in [6, 6.07) is 4.21. The molecule has 3 fully saturated rings. The highest BCUT2D eigenvalue weighted by Crippen LogP contribution is 2.48. The molecule has 3 aliphatic rings. The molecule has 1 aliphatic carbocycles. The minimum Gasteiger partial charge on any atom is -0.384 e. The van der Waals surface area contributed by atoms with Crippen molar-refractivity contribution in [2.45, 2.75) is 71.1 Å². The maximum Gasteiger partial charge on any atom is 0.391 e. The van der Waals surface area contributed by atoms with Crippen LogP contribution in [0.1, 0.15) is 63.6 Å². The number of benzene rings is 1. The van der Waals surface area contributed by atoms with Crippen molar-refractivity contribution in [1.29, 1.82) is 0 Å². The first kappa shape index (κ1) is 28.7. The monoisotopic (exact) mass is 564 g/mol. The van der Waals surface area contributed by atoms with Gasteiger partial charge in [-0.15, -0.1) is 0 Å². The molecule has 5 rings (SSSR count). The molecular formula is C29H36F4N4O3. The molecule has 11 heteroatoms. The number of amides is 3. The lowest BCUT2D eigenvalue weighted by Gasteiger charge is -2.51. The highest BCUT2D eigenvalue weighted by Gasteiger charge is 2.50. The lowest BCUT2D eigenvalue weighted by molar-refractivity contribution is -0.184. The van der Waals surface area contributed by atoms with Gasteiger partial charge in [0.25, 0.3) is 0 Å². The minimum atomic E-state index is -4.13. The molecule has 1 saturated carbocycles. The van der Waals surface area contributed by atoms with Crippen LogP contribution in [0.25, 0.3) is 10.9 Å². The molecule has 2 N–H and O–H groups in total. The summed E-state index contributed by atoms with van der Waals surface area (Å²) in [5.74, 6) is -2.01. The maximum absolute atomic E-state index is 16.2. The van der Waals surface area contributed by atoms with Crippen LogP contribution in [-0.4, -0.2) is 59.3 Å². The molecule has 40 heavy (non-hydrogen) atoms. The predicted octanol–water partition coefficient (Wildman–Crippen LogP) is 5.42. The number of hydrogen-bond acceptors (Lipinski definition) is 5. The number of fused-ring (bicyclic) bond motifs is 1. The van der Waals surface area contributed by atoms with E-state index in [1.165, 1.54) is 4.90 Å². The first-order valence-electron chi connectivity index (χ1n) is 13.9. The average Bonchev–Trinajstić information content (AvgIpc) is 2.86. The topological polar surface area (TPSA) is 85.8 Å². The summed E-state index contributed by atoms with van der Waals surface area (Å²) in [7, 11) is 0. The zero-order valence-electron chi connectivity index (χ0n) is 23.1. The van der Waals surface area contributed by atoms with E-state index in [9.17, 15) is 27.9 Å². The van der Waals surface area contributed by atoms with E-state index in [2.05, 4.69) is 15.2 Å². The molecule has 218 valence electrons. The van der Waals surface area contributed by atoms with Crippen molar-refractivity contribution in [2.24, 2.45) is 17.3 Å². The van der Waals surface area contributed by atoms with Gasteiger partial charge in [-0.2, -0.15) is 13.2 Å². The van der Waals surface area contributed by atoms with E-state index < -0.39 is 35.0 Å². The summed E-state index contributed by atoms with van der Waals surface area (Å²) in [6.45, 7) is 7.28. The van der Waals surface area contributed by atoms with Gasteiger partial charge in [0, 0.05) is 49.0 Å². The van der Waals surface area contributed by atoms with Gasteiger partial charge in [0.05, 0.1) is 28.4 Å². The van der Waals surface area contributed by atoms with Crippen LogP contribution in [0.3, 0.4) is 0 Å². The van der Waals surface area contributed by atoms with Gasteiger partial charge >= 0.3 is 12.2 Å². The van der Waals surface area contributed by atoms with E-state index in [0.29, 0.717) is 49.4 Å². The van der Waals surface area contributed by atoms with Crippen molar-refractivity contribution in [2.75, 3.05) is 31.1 Å². The van der Waals surface area contributed by atoms with Gasteiger partial charge in [-0.1, -0.05) is 19.9 Å². The number of alkyl halides is 3. The Morgan fingerprint density at radius 2 is 1.82 bits per heavy atom. The van der Waals surface area contributed by atoms with Crippen molar-refractivity contribution < 1.29 is 32.3 Å². The largest absolute Gasteiger partial charge is 0.391 e. The third-order valence-electron chi connectivity index (χ3n) is 9.24. The second-order valence-electron chi connectivity index (χ2n) is 12.3. The molecule has 2 saturated heterocycles. The lowest BCUT2D eigenvalue weighted by atomic mass is 9.66. The van der Waals surface area contributed by atoms with E-state index in [1.54, 1.807) is 25.1 Å². The Kier molecular flexibility index (Phi) is 7.35. The fourth-order valence-corrected chi connectivity index (χ4v) is 6.80. The number of imide groups is 1. The highest BCUT2D eigenvalue weighted by atomic mass is 19.4. The van der Waals surface area contributed by atoms with E-state index in [-0.39, 0.29) is 55.0 Å². The Morgan fingerprint density at radius 3 is 2.45 bits per heavy atom. The normalized spacial score (nSPS) is 28.1. The van der Waals surface area contributed by atoms with E-state index in [0.717, 1.165) is 0 Å². The number of urea groups is 1. The van der Waals surface area contributed by atoms with Crippen LogP contribution in [0.5, 0.6) is 0 Å². The summed E-state index contributed by atoms with van der Waals surface area (Å²) in [4.78, 5) is 32.1. The molecule has 1 aromatic carbocycles. The lowest BCUT2D eigenvalue weighted by Crippen LogP contribution is -2.56. The number of piperidine rings is 1. The Labute approximate surface area is 230 Å². The van der Waals surface area contributed by atoms with E-state index in [4.69, 9.17) is 0 Å². The standard InChI is InChI=1S/C29H36F4N4O3/c1-17-23(37-12-10-24(38)35-26(37)39)14-20-22(34-17)9-8-21(25(20)30)28(40)11-13-36(16-27(28,2)3)15-18-4-6-19(7-5-18)29(31,32)33/h8-9,14,18-19,40H,4-7,10-13,15-16H2,1-3H3,(H,35,38,39). The number of nitrogens with zero attached hydrogens (tertiary/aromatic N) is 3. The number of halogens is 4. The molecule has 3 amide bonds. The number of aryl methyl sites for hydroxylation is 1. The first-order valence-corrected chi connectivity index (χ1v) is 13.9. The number of anilines is 1. The quantitative estimate of drug-likeness (QED) is 0.485. The molecule has 2 aliphatic heterocycles. The summed E-state index contributed by atoms with van der Waals surface area (Å²) < 4.78 is 55.4. The number of likely N-dealkylation sites (tertiary alicyclic amines) is 1. The predicted molar refractivity (Wildman–Crippen MR) is 142 cm³/mol. The van der Waals surface area contributed by atoms with E-state index in [1.807, 2.05) is 13.8 Å². The first-order chi connectivity index (χ1) is 18.7. The number of aromatic nitrogens is 1. The molecular weight excluding hydrogens is 528 g/mol. The van der Waals surface area contributed by atoms with Crippen molar-refractivity contribution in [3.63, 3.8) is 0 Å². The number of carbonyl (C=O) groups excluding carboxylic acids is 2. The summed E-state index contributed by atoms with van der Waals surface area (Å²) in [5.41, 5.74) is -0.780. The summed E-state index contributed by atoms with van der Waals surface area (Å²) in [6.07, 6.45) is -2.37. The second-order valence-corrected chi connectivity index (χ2v) is 12.3. The molecule has 0 spiro atoms. The number of nitrogens with one attached hydrogen (secondary N) is 1. The highest BCUT2D eigenvalue weighted by molar-refractivity contribution is 6.06. The summed E-state index contributed by atoms with van der Waals surface area (Å²) >= 11 is 0. The van der Waals surface area contributed by atoms with Crippen LogP contribution in [0, 0.1) is 30.0 Å². The van der Waals surface area contributed by atoms with Gasteiger partial charge < -0.3 is 10.0 Å². The zero-order valence-corrected chi connectivity index (χ0v) is 23.1. The van der Waals surface area contributed by atoms with Crippen LogP contribution < -0.4 is 10.2 Å². The van der Waals surface area contributed by atoms with Crippen LogP contribution >= 0.6 is 0 Å². The number of rotatable bonds is 4. The number of carbonyl (C=O) groups is 2. The molecule has 0 bridgehead atoms. The molecule has 0 radical (unpaired) electrons. The average molecular weight is 565 g/mol. The van der Waals surface area contributed by atoms with Gasteiger partial charge in [-0.25, -0.2) is 9.18 Å². The van der Waals surface area contributed by atoms with Crippen molar-refractivity contribution in [3.8, 4) is 0 Å². The molecule has 3 heterocycles. The van der Waals surface area contributed by atoms with Crippen LogP contribution in [0.2, 0.25) is 0 Å². The van der Waals surface area contributed by atoms with Gasteiger partial charge in [0.2, 0.25) is 5.91 Å². The van der Waals surface area contributed by atoms with Crippen molar-refractivity contribution >= 4 is 28.5 Å². The molecule has 2 aromatic rings. The Bertz CT molecular complexity index is 1320. The van der Waals surface area contributed by atoms with Crippen LogP contribution in [-0.2, 0) is 10.4 Å². The van der Waals surface area contributed by atoms with Gasteiger partial charge in [-0.05, 0) is 57.1 Å². The minimum absolute atomic E-state index is 0.125. The SMILES string of the molecule is Cc1nc2ccc(C3(O)CCN(CC4CCC(C(F)(F)F)CC4)CC3(C)C)c(F)c2cc1N1CCC(=O)NC1=O. The van der Waals surface area contributed by atoms with Gasteiger partial charge in [0.15, 0.2) is 0 Å². The van der Waals surface area contributed by atoms with Crippen molar-refractivity contribution in [1.82, 2.24) is 15.2 Å². The van der Waals surface area contributed by atoms with Gasteiger partial charge in [-0.3, -0.25) is 20.0 Å². The van der Waals surface area contributed by atoms with E-state index >= 15 is 4.39 Å². The molecule has 7 nitrogen and oxygen atoms in total. The fourth-order valence-electron chi connectivity index (χ4n) is 6.80. The third kappa shape index (κ3) is 5.18. The second kappa shape index (κ2) is 10.2. The fraction of sp³-hybridized carbons (Fsp3) is 0.621. The maximum atomic E-state index is 16.2. The van der Waals surface area contributed by atoms with Crippen LogP contribution in [0.4, 0.5) is 28.0 Å². The molecule has 1 unspecified atom stereocenters.